The molecule has 7 nitrogen and oxygen atoms in total. The van der Waals surface area contributed by atoms with Gasteiger partial charge in [-0.1, -0.05) is 19.1 Å². The third-order valence-corrected chi connectivity index (χ3v) is 2.33. The fourth-order valence-corrected chi connectivity index (χ4v) is 1.39. The van der Waals surface area contributed by atoms with Crippen LogP contribution < -0.4 is 0 Å². The van der Waals surface area contributed by atoms with Gasteiger partial charge in [0.25, 0.3) is 0 Å². The summed E-state index contributed by atoms with van der Waals surface area (Å²) in [7, 11) is 1.22. The molecule has 1 aromatic carbocycles. The van der Waals surface area contributed by atoms with Crippen LogP contribution in [0.5, 0.6) is 0 Å². The van der Waals surface area contributed by atoms with Crippen molar-refractivity contribution in [2.24, 2.45) is 0 Å². The van der Waals surface area contributed by atoms with Gasteiger partial charge in [-0.15, -0.1) is 0 Å². The highest BCUT2D eigenvalue weighted by atomic mass is 16.5. The lowest BCUT2D eigenvalue weighted by molar-refractivity contribution is -0.143. The molecule has 0 unspecified atom stereocenters. The predicted octanol–water partition coefficient (Wildman–Crippen LogP) is 0.797. The van der Waals surface area contributed by atoms with Gasteiger partial charge in [0, 0.05) is 0 Å². The Hall–Kier alpha value is -2.41. The van der Waals surface area contributed by atoms with Crippen LogP contribution in [0.3, 0.4) is 0 Å². The fraction of sp³-hybridized carbons (Fsp3) is 0.308. The molecule has 1 aromatic rings. The number of aryl methyl sites for hydroxylation is 1. The number of hydrogen-bond acceptors (Lipinski definition) is 5. The summed E-state index contributed by atoms with van der Waals surface area (Å²) in [6.07, 6.45) is 0.503. The van der Waals surface area contributed by atoms with E-state index in [9.17, 15) is 14.4 Å². The van der Waals surface area contributed by atoms with Crippen molar-refractivity contribution in [2.45, 2.75) is 13.3 Å². The molecular formula is C13H16O7. The lowest BCUT2D eigenvalue weighted by Gasteiger charge is -2.06. The Kier molecular flexibility index (Phi) is 7.61. The van der Waals surface area contributed by atoms with Crippen LogP contribution in [0.1, 0.15) is 33.2 Å². The first kappa shape index (κ1) is 17.6. The Bertz CT molecular complexity index is 487. The van der Waals surface area contributed by atoms with E-state index in [1.165, 1.54) is 13.2 Å². The average molecular weight is 284 g/mol. The van der Waals surface area contributed by atoms with Crippen molar-refractivity contribution in [2.75, 3.05) is 13.7 Å². The Morgan fingerprint density at radius 3 is 2.05 bits per heavy atom. The first-order valence-electron chi connectivity index (χ1n) is 5.65. The monoisotopic (exact) mass is 284 g/mol. The van der Waals surface area contributed by atoms with Crippen LogP contribution in [0, 0.1) is 0 Å². The second-order valence-electron chi connectivity index (χ2n) is 3.54. The van der Waals surface area contributed by atoms with Gasteiger partial charge in [-0.3, -0.25) is 0 Å². The van der Waals surface area contributed by atoms with Crippen LogP contribution in [0.2, 0.25) is 0 Å². The highest BCUT2D eigenvalue weighted by Crippen LogP contribution is 2.15. The fourth-order valence-electron chi connectivity index (χ4n) is 1.39. The number of aliphatic hydroxyl groups excluding tert-OH is 1. The maximum absolute atomic E-state index is 10.8. The van der Waals surface area contributed by atoms with Gasteiger partial charge in [-0.25, -0.2) is 14.4 Å². The van der Waals surface area contributed by atoms with Crippen LogP contribution in [-0.4, -0.2) is 46.9 Å². The highest BCUT2D eigenvalue weighted by molar-refractivity contribution is 6.02. The lowest BCUT2D eigenvalue weighted by Crippen LogP contribution is -2.10. The number of ether oxygens (including phenoxy) is 1. The Morgan fingerprint density at radius 2 is 1.75 bits per heavy atom. The highest BCUT2D eigenvalue weighted by Gasteiger charge is 2.18. The molecule has 0 radical (unpaired) electrons. The summed E-state index contributed by atoms with van der Waals surface area (Å²) >= 11 is 0. The van der Waals surface area contributed by atoms with Gasteiger partial charge in [0.2, 0.25) is 0 Å². The van der Waals surface area contributed by atoms with Gasteiger partial charge in [-0.05, 0) is 18.1 Å². The Balaban J connectivity index is 0.000000511. The molecule has 1 rings (SSSR count). The summed E-state index contributed by atoms with van der Waals surface area (Å²) in [4.78, 5) is 31.3. The van der Waals surface area contributed by atoms with Gasteiger partial charge in [0.05, 0.1) is 18.2 Å². The summed E-state index contributed by atoms with van der Waals surface area (Å²) in [6.45, 7) is 1.25. The minimum atomic E-state index is -1.21. The molecule has 0 aliphatic heterocycles. The molecule has 0 saturated carbocycles. The molecular weight excluding hydrogens is 268 g/mol. The largest absolute Gasteiger partial charge is 0.478 e. The summed E-state index contributed by atoms with van der Waals surface area (Å²) in [5.41, 5.74) is 0.275. The lowest BCUT2D eigenvalue weighted by atomic mass is 9.99. The zero-order valence-electron chi connectivity index (χ0n) is 11.1. The van der Waals surface area contributed by atoms with Crippen LogP contribution in [0.25, 0.3) is 0 Å². The van der Waals surface area contributed by atoms with Crippen molar-refractivity contribution in [3.8, 4) is 0 Å². The van der Waals surface area contributed by atoms with Crippen molar-refractivity contribution >= 4 is 17.9 Å². The number of carbonyl (C=O) groups excluding carboxylic acids is 1. The van der Waals surface area contributed by atoms with Crippen LogP contribution in [0.4, 0.5) is 0 Å². The molecule has 0 atom stereocenters. The summed E-state index contributed by atoms with van der Waals surface area (Å²) in [5.74, 6) is -3.01. The maximum atomic E-state index is 10.8. The minimum absolute atomic E-state index is 0.109. The number of carbonyl (C=O) groups is 3. The number of carboxylic acids is 2. The molecule has 0 amide bonds. The zero-order valence-corrected chi connectivity index (χ0v) is 11.1. The molecule has 0 saturated heterocycles. The first-order valence-corrected chi connectivity index (χ1v) is 5.65. The molecule has 0 aromatic heterocycles. The van der Waals surface area contributed by atoms with Gasteiger partial charge >= 0.3 is 17.9 Å². The number of benzene rings is 1. The van der Waals surface area contributed by atoms with Crippen LogP contribution >= 0.6 is 0 Å². The molecule has 0 bridgehead atoms. The van der Waals surface area contributed by atoms with E-state index in [0.717, 1.165) is 0 Å². The van der Waals surface area contributed by atoms with Gasteiger partial charge in [0.1, 0.15) is 6.61 Å². The number of aromatic carboxylic acids is 2. The zero-order chi connectivity index (χ0) is 15.7. The number of esters is 1. The second kappa shape index (κ2) is 8.65. The topological polar surface area (TPSA) is 121 Å². The number of carboxylic acid groups (broad SMARTS) is 2. The van der Waals surface area contributed by atoms with E-state index in [-0.39, 0.29) is 11.1 Å². The van der Waals surface area contributed by atoms with Gasteiger partial charge in [0.15, 0.2) is 0 Å². The molecule has 0 heterocycles. The van der Waals surface area contributed by atoms with Crippen molar-refractivity contribution < 1.29 is 34.4 Å². The molecule has 110 valence electrons. The average Bonchev–Trinajstić information content (AvgIpc) is 2.45. The summed E-state index contributed by atoms with van der Waals surface area (Å²) in [6, 6.07) is 4.47. The van der Waals surface area contributed by atoms with Crippen LogP contribution in [0.15, 0.2) is 18.2 Å². The predicted molar refractivity (Wildman–Crippen MR) is 68.8 cm³/mol. The van der Waals surface area contributed by atoms with E-state index in [1.54, 1.807) is 19.1 Å². The van der Waals surface area contributed by atoms with Crippen molar-refractivity contribution in [3.63, 3.8) is 0 Å². The van der Waals surface area contributed by atoms with Gasteiger partial charge in [-0.2, -0.15) is 0 Å². The number of hydrogen-bond donors (Lipinski definition) is 3. The molecule has 3 N–H and O–H groups in total. The van der Waals surface area contributed by atoms with Gasteiger partial charge < -0.3 is 20.1 Å². The van der Waals surface area contributed by atoms with E-state index < -0.39 is 24.5 Å². The maximum Gasteiger partial charge on any atom is 0.336 e. The summed E-state index contributed by atoms with van der Waals surface area (Å²) < 4.78 is 4.01. The SMILES string of the molecule is CCc1cccc(C(=O)O)c1C(=O)O.COC(=O)CO. The van der Waals surface area contributed by atoms with Crippen molar-refractivity contribution in [3.05, 3.63) is 34.9 Å². The van der Waals surface area contributed by atoms with E-state index in [1.807, 2.05) is 0 Å². The third kappa shape index (κ3) is 5.07. The molecule has 0 aliphatic carbocycles. The van der Waals surface area contributed by atoms with E-state index >= 15 is 0 Å². The third-order valence-electron chi connectivity index (χ3n) is 2.33. The minimum Gasteiger partial charge on any atom is -0.478 e. The molecule has 7 heteroatoms. The number of methoxy groups -OCH3 is 1. The summed E-state index contributed by atoms with van der Waals surface area (Å²) in [5, 5.41) is 25.5. The van der Waals surface area contributed by atoms with Crippen LogP contribution in [-0.2, 0) is 16.0 Å². The second-order valence-corrected chi connectivity index (χ2v) is 3.54. The van der Waals surface area contributed by atoms with Crippen molar-refractivity contribution in [1.82, 2.24) is 0 Å². The molecule has 20 heavy (non-hydrogen) atoms. The quantitative estimate of drug-likeness (QED) is 0.699. The smallest absolute Gasteiger partial charge is 0.336 e. The Labute approximate surface area is 115 Å². The molecule has 0 aliphatic rings. The van der Waals surface area contributed by atoms with E-state index in [0.29, 0.717) is 12.0 Å². The normalized spacial score (nSPS) is 9.15. The van der Waals surface area contributed by atoms with E-state index in [4.69, 9.17) is 15.3 Å². The standard InChI is InChI=1S/C10H10O4.C3H6O3/c1-2-6-4-3-5-7(9(11)12)8(6)10(13)14;1-6-3(5)2-4/h3-5H,2H2,1H3,(H,11,12)(H,13,14);4H,2H2,1H3. The number of rotatable bonds is 4. The Morgan fingerprint density at radius 1 is 1.15 bits per heavy atom. The molecule has 0 fully saturated rings. The van der Waals surface area contributed by atoms with Crippen molar-refractivity contribution in [1.29, 1.82) is 0 Å². The van der Waals surface area contributed by atoms with E-state index in [2.05, 4.69) is 4.74 Å². The number of aliphatic hydroxyl groups is 1. The first-order chi connectivity index (χ1) is 9.38. The molecule has 0 spiro atoms.